The Balaban J connectivity index is 2.41. The number of nitrogens with zero attached hydrogens (tertiary/aromatic N) is 1. The van der Waals surface area contributed by atoms with Crippen LogP contribution in [0, 0.1) is 5.82 Å². The first-order chi connectivity index (χ1) is 9.55. The molecule has 0 bridgehead atoms. The number of halogens is 2. The third-order valence-corrected chi connectivity index (χ3v) is 5.12. The van der Waals surface area contributed by atoms with E-state index in [0.717, 1.165) is 43.2 Å². The zero-order valence-electron chi connectivity index (χ0n) is 12.2. The topological polar surface area (TPSA) is 23.5 Å². The van der Waals surface area contributed by atoms with E-state index >= 15 is 0 Å². The van der Waals surface area contributed by atoms with Crippen LogP contribution in [0.5, 0.6) is 0 Å². The van der Waals surface area contributed by atoms with E-state index < -0.39 is 6.10 Å². The zero-order valence-corrected chi connectivity index (χ0v) is 13.8. The number of likely N-dealkylation sites (N-methyl/N-ethyl adjacent to an activating group) is 1. The van der Waals surface area contributed by atoms with E-state index in [9.17, 15) is 9.50 Å². The van der Waals surface area contributed by atoms with Crippen LogP contribution in [0.1, 0.15) is 51.2 Å². The lowest BCUT2D eigenvalue weighted by molar-refractivity contribution is -0.0285. The molecular weight excluding hydrogens is 321 g/mol. The second-order valence-corrected chi connectivity index (χ2v) is 6.47. The monoisotopic (exact) mass is 343 g/mol. The molecule has 0 aliphatic heterocycles. The van der Waals surface area contributed by atoms with Gasteiger partial charge in [0, 0.05) is 10.0 Å². The smallest absolute Gasteiger partial charge is 0.129 e. The minimum atomic E-state index is -0.776. The summed E-state index contributed by atoms with van der Waals surface area (Å²) in [6, 6.07) is 4.81. The van der Waals surface area contributed by atoms with Crippen molar-refractivity contribution in [2.45, 2.75) is 51.2 Å². The molecule has 2 nitrogen and oxygen atoms in total. The van der Waals surface area contributed by atoms with Crippen molar-refractivity contribution in [3.63, 3.8) is 0 Å². The summed E-state index contributed by atoms with van der Waals surface area (Å²) in [4.78, 5) is 2.30. The fraction of sp³-hybridized carbons (Fsp3) is 0.625. The minimum Gasteiger partial charge on any atom is -0.386 e. The molecular formula is C16H23BrFNO. The molecule has 112 valence electrons. The molecule has 0 amide bonds. The van der Waals surface area contributed by atoms with Crippen LogP contribution in [0.25, 0.3) is 0 Å². The molecule has 0 heterocycles. The summed E-state index contributed by atoms with van der Waals surface area (Å²) in [7, 11) is 0. The van der Waals surface area contributed by atoms with E-state index in [4.69, 9.17) is 0 Å². The van der Waals surface area contributed by atoms with Crippen LogP contribution in [0.2, 0.25) is 0 Å². The van der Waals surface area contributed by atoms with Gasteiger partial charge in [0.25, 0.3) is 0 Å². The van der Waals surface area contributed by atoms with Gasteiger partial charge in [0.2, 0.25) is 0 Å². The number of hydrogen-bond acceptors (Lipinski definition) is 2. The van der Waals surface area contributed by atoms with Crippen LogP contribution in [-0.4, -0.2) is 28.6 Å². The average Bonchev–Trinajstić information content (AvgIpc) is 2.93. The van der Waals surface area contributed by atoms with Gasteiger partial charge in [-0.1, -0.05) is 42.6 Å². The average molecular weight is 344 g/mol. The second kappa shape index (κ2) is 6.54. The fourth-order valence-electron chi connectivity index (χ4n) is 3.62. The lowest BCUT2D eigenvalue weighted by Gasteiger charge is -2.44. The van der Waals surface area contributed by atoms with Crippen molar-refractivity contribution >= 4 is 15.9 Å². The van der Waals surface area contributed by atoms with E-state index in [-0.39, 0.29) is 11.4 Å². The summed E-state index contributed by atoms with van der Waals surface area (Å²) >= 11 is 3.37. The highest BCUT2D eigenvalue weighted by molar-refractivity contribution is 9.10. The van der Waals surface area contributed by atoms with Crippen LogP contribution in [0.4, 0.5) is 4.39 Å². The van der Waals surface area contributed by atoms with Crippen LogP contribution >= 0.6 is 15.9 Å². The van der Waals surface area contributed by atoms with Gasteiger partial charge in [-0.05, 0) is 44.1 Å². The first-order valence-corrected chi connectivity index (χ1v) is 8.22. The van der Waals surface area contributed by atoms with E-state index in [1.165, 1.54) is 6.07 Å². The molecule has 0 spiro atoms. The molecule has 1 saturated carbocycles. The lowest BCUT2D eigenvalue weighted by Crippen LogP contribution is -2.51. The second-order valence-electron chi connectivity index (χ2n) is 5.55. The molecule has 1 aliphatic carbocycles. The molecule has 1 aliphatic rings. The number of benzene rings is 1. The largest absolute Gasteiger partial charge is 0.386 e. The number of aliphatic hydroxyl groups excluding tert-OH is 1. The van der Waals surface area contributed by atoms with Crippen LogP contribution in [-0.2, 0) is 0 Å². The quantitative estimate of drug-likeness (QED) is 0.862. The van der Waals surface area contributed by atoms with Crippen molar-refractivity contribution in [3.05, 3.63) is 34.1 Å². The fourth-order valence-corrected chi connectivity index (χ4v) is 4.00. The first-order valence-electron chi connectivity index (χ1n) is 7.43. The van der Waals surface area contributed by atoms with Gasteiger partial charge in [-0.3, -0.25) is 4.90 Å². The maximum absolute atomic E-state index is 14.1. The minimum absolute atomic E-state index is 0.314. The summed E-state index contributed by atoms with van der Waals surface area (Å²) in [5, 5.41) is 10.9. The van der Waals surface area contributed by atoms with Gasteiger partial charge in [0.05, 0.1) is 5.54 Å². The zero-order chi connectivity index (χ0) is 14.8. The van der Waals surface area contributed by atoms with Crippen molar-refractivity contribution in [1.82, 2.24) is 4.90 Å². The highest BCUT2D eigenvalue weighted by atomic mass is 79.9. The Morgan fingerprint density at radius 3 is 2.45 bits per heavy atom. The lowest BCUT2D eigenvalue weighted by atomic mass is 9.83. The van der Waals surface area contributed by atoms with Crippen molar-refractivity contribution < 1.29 is 9.50 Å². The molecule has 4 heteroatoms. The standard InChI is InChI=1S/C16H23BrFNO/c1-3-19(4-2)16(9-5-6-10-16)15(20)13-11-12(17)7-8-14(13)18/h7-8,11,15,20H,3-6,9-10H2,1-2H3. The summed E-state index contributed by atoms with van der Waals surface area (Å²) in [5.74, 6) is -0.320. The number of rotatable bonds is 5. The molecule has 0 saturated heterocycles. The molecule has 1 aromatic carbocycles. The van der Waals surface area contributed by atoms with Gasteiger partial charge in [-0.25, -0.2) is 4.39 Å². The van der Waals surface area contributed by atoms with Crippen molar-refractivity contribution in [2.24, 2.45) is 0 Å². The predicted molar refractivity (Wildman–Crippen MR) is 83.2 cm³/mol. The molecule has 2 rings (SSSR count). The molecule has 0 aromatic heterocycles. The molecule has 1 unspecified atom stereocenters. The summed E-state index contributed by atoms with van der Waals surface area (Å²) in [6.07, 6.45) is 3.29. The van der Waals surface area contributed by atoms with Gasteiger partial charge in [-0.15, -0.1) is 0 Å². The van der Waals surface area contributed by atoms with Gasteiger partial charge in [-0.2, -0.15) is 0 Å². The van der Waals surface area contributed by atoms with Gasteiger partial charge >= 0.3 is 0 Å². The molecule has 20 heavy (non-hydrogen) atoms. The number of aliphatic hydroxyl groups is 1. The van der Waals surface area contributed by atoms with Crippen molar-refractivity contribution in [1.29, 1.82) is 0 Å². The number of hydrogen-bond donors (Lipinski definition) is 1. The maximum Gasteiger partial charge on any atom is 0.129 e. The van der Waals surface area contributed by atoms with Crippen LogP contribution in [0.15, 0.2) is 22.7 Å². The molecule has 1 fully saturated rings. The van der Waals surface area contributed by atoms with Crippen molar-refractivity contribution in [2.75, 3.05) is 13.1 Å². The first kappa shape index (κ1) is 15.9. The Morgan fingerprint density at radius 1 is 1.30 bits per heavy atom. The van der Waals surface area contributed by atoms with E-state index in [1.807, 2.05) is 0 Å². The Bertz CT molecular complexity index is 456. The normalized spacial score (nSPS) is 19.5. The Morgan fingerprint density at radius 2 is 1.90 bits per heavy atom. The van der Waals surface area contributed by atoms with Gasteiger partial charge < -0.3 is 5.11 Å². The van der Waals surface area contributed by atoms with E-state index in [0.29, 0.717) is 5.56 Å². The van der Waals surface area contributed by atoms with E-state index in [1.54, 1.807) is 12.1 Å². The summed E-state index contributed by atoms with van der Waals surface area (Å²) in [6.45, 7) is 5.97. The third-order valence-electron chi connectivity index (χ3n) is 4.62. The highest BCUT2D eigenvalue weighted by Gasteiger charge is 2.45. The molecule has 1 atom stereocenters. The molecule has 1 N–H and O–H groups in total. The van der Waals surface area contributed by atoms with E-state index in [2.05, 4.69) is 34.7 Å². The van der Waals surface area contributed by atoms with Crippen molar-refractivity contribution in [3.8, 4) is 0 Å². The Kier molecular flexibility index (Phi) is 5.21. The predicted octanol–water partition coefficient (Wildman–Crippen LogP) is 4.28. The maximum atomic E-state index is 14.1. The Hall–Kier alpha value is -0.450. The third kappa shape index (κ3) is 2.78. The molecule has 0 radical (unpaired) electrons. The summed E-state index contributed by atoms with van der Waals surface area (Å²) in [5.41, 5.74) is 0.0960. The molecule has 1 aromatic rings. The SMILES string of the molecule is CCN(CC)C1(C(O)c2cc(Br)ccc2F)CCCC1. The van der Waals surface area contributed by atoms with Crippen LogP contribution in [0.3, 0.4) is 0 Å². The van der Waals surface area contributed by atoms with Gasteiger partial charge in [0.15, 0.2) is 0 Å². The highest BCUT2D eigenvalue weighted by Crippen LogP contribution is 2.45. The van der Waals surface area contributed by atoms with Crippen LogP contribution < -0.4 is 0 Å². The van der Waals surface area contributed by atoms with Gasteiger partial charge in [0.1, 0.15) is 11.9 Å². The summed E-state index contributed by atoms with van der Waals surface area (Å²) < 4.78 is 14.9. The Labute approximate surface area is 129 Å².